The highest BCUT2D eigenvalue weighted by molar-refractivity contribution is 7.89. The van der Waals surface area contributed by atoms with Crippen LogP contribution >= 0.6 is 0 Å². The Balaban J connectivity index is 1.11. The van der Waals surface area contributed by atoms with Crippen LogP contribution in [0.3, 0.4) is 0 Å². The lowest BCUT2D eigenvalue weighted by molar-refractivity contribution is -0.0312. The standard InChI is InChI=1S/C31H40N4O7S2/c1-33-43(37,38)29-9-4-8-28(17-29)41-22-27(36)20-34-26-18-31(42-21-26)11-13-35(14-12-31)44(39,40)30-10-3-7-25(16-30)24-6-2-5-23(15-24)19-32/h2-10,15-17,26-27,33-34,36H,11-14,18-22,32H2,1H3. The van der Waals surface area contributed by atoms with Gasteiger partial charge in [-0.15, -0.1) is 0 Å². The summed E-state index contributed by atoms with van der Waals surface area (Å²) in [5, 5.41) is 13.8. The molecule has 2 aliphatic rings. The molecule has 238 valence electrons. The fourth-order valence-electron chi connectivity index (χ4n) is 5.72. The Bertz CT molecular complexity index is 1660. The Morgan fingerprint density at radius 1 is 1.00 bits per heavy atom. The Hall–Kier alpha value is -2.88. The van der Waals surface area contributed by atoms with E-state index in [1.165, 1.54) is 23.5 Å². The van der Waals surface area contributed by atoms with Crippen LogP contribution < -0.4 is 20.5 Å². The summed E-state index contributed by atoms with van der Waals surface area (Å²) < 4.78 is 66.8. The van der Waals surface area contributed by atoms with E-state index < -0.39 is 31.8 Å². The predicted octanol–water partition coefficient (Wildman–Crippen LogP) is 2.06. The normalized spacial score (nSPS) is 19.7. The molecule has 0 radical (unpaired) electrons. The number of piperidine rings is 1. The Kier molecular flexibility index (Phi) is 10.1. The van der Waals surface area contributed by atoms with Gasteiger partial charge in [-0.3, -0.25) is 0 Å². The Morgan fingerprint density at radius 2 is 1.68 bits per heavy atom. The van der Waals surface area contributed by atoms with Crippen molar-refractivity contribution in [3.8, 4) is 16.9 Å². The summed E-state index contributed by atoms with van der Waals surface area (Å²) in [5.41, 5.74) is 8.10. The molecule has 2 aliphatic heterocycles. The third kappa shape index (κ3) is 7.49. The zero-order chi connectivity index (χ0) is 31.4. The van der Waals surface area contributed by atoms with Gasteiger partial charge in [-0.1, -0.05) is 36.4 Å². The van der Waals surface area contributed by atoms with Crippen molar-refractivity contribution in [2.75, 3.05) is 39.9 Å². The molecule has 2 atom stereocenters. The van der Waals surface area contributed by atoms with Gasteiger partial charge in [0, 0.05) is 38.3 Å². The monoisotopic (exact) mass is 644 g/mol. The van der Waals surface area contributed by atoms with Gasteiger partial charge < -0.3 is 25.6 Å². The summed E-state index contributed by atoms with van der Waals surface area (Å²) in [6.07, 6.45) is 1.06. The molecule has 0 amide bonds. The molecule has 5 rings (SSSR count). The van der Waals surface area contributed by atoms with E-state index in [-0.39, 0.29) is 29.0 Å². The molecule has 2 heterocycles. The first-order valence-corrected chi connectivity index (χ1v) is 17.6. The summed E-state index contributed by atoms with van der Waals surface area (Å²) in [5.74, 6) is 0.345. The second-order valence-corrected chi connectivity index (χ2v) is 15.1. The van der Waals surface area contributed by atoms with Crippen LogP contribution in [0, 0.1) is 0 Å². The van der Waals surface area contributed by atoms with Crippen LogP contribution in [0.2, 0.25) is 0 Å². The number of sulfonamides is 2. The van der Waals surface area contributed by atoms with Gasteiger partial charge in [-0.2, -0.15) is 4.31 Å². The molecular formula is C31H40N4O7S2. The van der Waals surface area contributed by atoms with Gasteiger partial charge in [0.15, 0.2) is 0 Å². The minimum absolute atomic E-state index is 0.0119. The van der Waals surface area contributed by atoms with Crippen molar-refractivity contribution in [2.45, 2.75) is 53.3 Å². The fourth-order valence-corrected chi connectivity index (χ4v) is 7.98. The van der Waals surface area contributed by atoms with Crippen LogP contribution in [-0.4, -0.2) is 83.9 Å². The van der Waals surface area contributed by atoms with Gasteiger partial charge in [-0.25, -0.2) is 21.6 Å². The van der Waals surface area contributed by atoms with E-state index in [0.717, 1.165) is 16.7 Å². The molecule has 11 nitrogen and oxygen atoms in total. The van der Waals surface area contributed by atoms with Crippen molar-refractivity contribution in [3.05, 3.63) is 78.4 Å². The molecule has 0 aromatic heterocycles. The summed E-state index contributed by atoms with van der Waals surface area (Å²) in [7, 11) is -5.93. The lowest BCUT2D eigenvalue weighted by Crippen LogP contribution is -2.47. The maximum absolute atomic E-state index is 13.6. The summed E-state index contributed by atoms with van der Waals surface area (Å²) in [4.78, 5) is 0.349. The third-order valence-electron chi connectivity index (χ3n) is 8.28. The topological polar surface area (TPSA) is 160 Å². The molecule has 2 saturated heterocycles. The molecule has 5 N–H and O–H groups in total. The van der Waals surface area contributed by atoms with E-state index in [1.807, 2.05) is 30.3 Å². The van der Waals surface area contributed by atoms with Crippen molar-refractivity contribution in [3.63, 3.8) is 0 Å². The van der Waals surface area contributed by atoms with E-state index in [1.54, 1.807) is 30.3 Å². The van der Waals surface area contributed by atoms with Crippen molar-refractivity contribution >= 4 is 20.0 Å². The zero-order valence-corrected chi connectivity index (χ0v) is 26.3. The van der Waals surface area contributed by atoms with Crippen LogP contribution in [0.1, 0.15) is 24.8 Å². The molecule has 44 heavy (non-hydrogen) atoms. The van der Waals surface area contributed by atoms with Crippen molar-refractivity contribution < 1.29 is 31.4 Å². The van der Waals surface area contributed by atoms with Gasteiger partial charge in [0.05, 0.1) is 22.0 Å². The minimum atomic E-state index is -3.68. The number of rotatable bonds is 12. The van der Waals surface area contributed by atoms with Crippen LogP contribution in [0.4, 0.5) is 0 Å². The molecule has 2 unspecified atom stereocenters. The summed E-state index contributed by atoms with van der Waals surface area (Å²) >= 11 is 0. The summed E-state index contributed by atoms with van der Waals surface area (Å²) in [6, 6.07) is 20.9. The fraction of sp³-hybridized carbons (Fsp3) is 0.419. The van der Waals surface area contributed by atoms with Gasteiger partial charge in [0.25, 0.3) is 0 Å². The van der Waals surface area contributed by atoms with E-state index in [4.69, 9.17) is 15.2 Å². The lowest BCUT2D eigenvalue weighted by atomic mass is 9.88. The molecular weight excluding hydrogens is 604 g/mol. The highest BCUT2D eigenvalue weighted by Gasteiger charge is 2.44. The van der Waals surface area contributed by atoms with Gasteiger partial charge in [-0.05, 0) is 73.3 Å². The number of hydrogen-bond acceptors (Lipinski definition) is 9. The first-order chi connectivity index (χ1) is 21.0. The number of aliphatic hydroxyl groups excluding tert-OH is 1. The van der Waals surface area contributed by atoms with Gasteiger partial charge >= 0.3 is 0 Å². The van der Waals surface area contributed by atoms with Gasteiger partial charge in [0.2, 0.25) is 20.0 Å². The zero-order valence-electron chi connectivity index (χ0n) is 24.7. The second-order valence-electron chi connectivity index (χ2n) is 11.3. The predicted molar refractivity (Wildman–Crippen MR) is 167 cm³/mol. The Labute approximate surface area is 259 Å². The molecule has 2 fully saturated rings. The maximum atomic E-state index is 13.6. The second kappa shape index (κ2) is 13.6. The first-order valence-electron chi connectivity index (χ1n) is 14.6. The largest absolute Gasteiger partial charge is 0.491 e. The molecule has 13 heteroatoms. The molecule has 3 aromatic carbocycles. The number of aliphatic hydroxyl groups is 1. The summed E-state index contributed by atoms with van der Waals surface area (Å²) in [6.45, 7) is 1.86. The average molecular weight is 645 g/mol. The molecule has 0 bridgehead atoms. The van der Waals surface area contributed by atoms with E-state index in [2.05, 4.69) is 10.0 Å². The van der Waals surface area contributed by atoms with Crippen LogP contribution in [0.25, 0.3) is 11.1 Å². The Morgan fingerprint density at radius 3 is 2.41 bits per heavy atom. The van der Waals surface area contributed by atoms with Crippen LogP contribution in [-0.2, 0) is 31.3 Å². The molecule has 3 aromatic rings. The van der Waals surface area contributed by atoms with Crippen molar-refractivity contribution in [1.29, 1.82) is 0 Å². The number of nitrogens with one attached hydrogen (secondary N) is 2. The maximum Gasteiger partial charge on any atom is 0.243 e. The number of nitrogens with zero attached hydrogens (tertiary/aromatic N) is 1. The molecule has 1 spiro atoms. The van der Waals surface area contributed by atoms with Gasteiger partial charge in [0.1, 0.15) is 18.5 Å². The quantitative estimate of drug-likeness (QED) is 0.231. The number of benzene rings is 3. The minimum Gasteiger partial charge on any atom is -0.491 e. The first kappa shape index (κ1) is 32.5. The molecule has 0 aliphatic carbocycles. The van der Waals surface area contributed by atoms with Crippen LogP contribution in [0.15, 0.2) is 82.6 Å². The average Bonchev–Trinajstić information content (AvgIpc) is 3.45. The number of ether oxygens (including phenoxy) is 2. The highest BCUT2D eigenvalue weighted by atomic mass is 32.2. The van der Waals surface area contributed by atoms with E-state index in [0.29, 0.717) is 51.3 Å². The number of nitrogens with two attached hydrogens (primary N) is 1. The smallest absolute Gasteiger partial charge is 0.243 e. The van der Waals surface area contributed by atoms with E-state index in [9.17, 15) is 21.9 Å². The van der Waals surface area contributed by atoms with Crippen molar-refractivity contribution in [1.82, 2.24) is 14.3 Å². The number of hydrogen-bond donors (Lipinski definition) is 4. The highest BCUT2D eigenvalue weighted by Crippen LogP contribution is 2.37. The third-order valence-corrected chi connectivity index (χ3v) is 11.6. The lowest BCUT2D eigenvalue weighted by Gasteiger charge is -2.38. The molecule has 0 saturated carbocycles. The van der Waals surface area contributed by atoms with E-state index >= 15 is 0 Å². The van der Waals surface area contributed by atoms with Crippen LogP contribution in [0.5, 0.6) is 5.75 Å². The van der Waals surface area contributed by atoms with Crippen molar-refractivity contribution in [2.24, 2.45) is 5.73 Å². The SMILES string of the molecule is CNS(=O)(=O)c1cccc(OCC(O)CNC2COC3(CCN(S(=O)(=O)c4cccc(-c5cccc(CN)c5)c4)CC3)C2)c1.